The maximum absolute atomic E-state index is 13.5. The molecule has 4 rings (SSSR count). The Kier molecular flexibility index (Phi) is 4.77. The number of hydrogen-bond acceptors (Lipinski definition) is 10. The fourth-order valence-corrected chi connectivity index (χ4v) is 3.93. The molecule has 0 aromatic carbocycles. The van der Waals surface area contributed by atoms with Crippen LogP contribution in [0.15, 0.2) is 0 Å². The summed E-state index contributed by atoms with van der Waals surface area (Å²) in [6.45, 7) is -1.73. The summed E-state index contributed by atoms with van der Waals surface area (Å²) in [5.74, 6) is -18.4. The van der Waals surface area contributed by atoms with Crippen LogP contribution in [0.3, 0.4) is 0 Å². The molecule has 1 aromatic rings. The van der Waals surface area contributed by atoms with Crippen LogP contribution in [0.4, 0.5) is 30.7 Å². The van der Waals surface area contributed by atoms with Gasteiger partial charge in [-0.1, -0.05) is 0 Å². The van der Waals surface area contributed by atoms with Crippen molar-refractivity contribution >= 4 is 23.7 Å². The molecule has 9 nitrogen and oxygen atoms in total. The molecule has 3 aliphatic rings. The van der Waals surface area contributed by atoms with E-state index in [0.717, 1.165) is 0 Å². The van der Waals surface area contributed by atoms with Gasteiger partial charge in [0, 0.05) is 19.0 Å². The van der Waals surface area contributed by atoms with Crippen LogP contribution in [-0.2, 0) is 19.1 Å². The highest BCUT2D eigenvalue weighted by Crippen LogP contribution is 2.49. The Morgan fingerprint density at radius 2 is 1.68 bits per heavy atom. The van der Waals surface area contributed by atoms with E-state index >= 15 is 0 Å². The predicted molar refractivity (Wildman–Crippen MR) is 80.4 cm³/mol. The van der Waals surface area contributed by atoms with Crippen LogP contribution in [0.2, 0.25) is 0 Å². The van der Waals surface area contributed by atoms with E-state index in [1.165, 1.54) is 4.90 Å². The van der Waals surface area contributed by atoms with E-state index in [1.54, 1.807) is 0 Å². The SMILES string of the molecule is O=C1OC2(OC1=O)C(Oc1nsnc1OCC(F)(F)C(F)(F)C(F)(F)F)C1CCN2C1. The van der Waals surface area contributed by atoms with Gasteiger partial charge in [-0.2, -0.15) is 30.7 Å². The van der Waals surface area contributed by atoms with Crippen molar-refractivity contribution in [2.24, 2.45) is 5.92 Å². The Bertz CT molecular complexity index is 893. The lowest BCUT2D eigenvalue weighted by atomic mass is 9.99. The molecule has 0 N–H and O–H groups in total. The third kappa shape index (κ3) is 3.24. The summed E-state index contributed by atoms with van der Waals surface area (Å²) in [5.41, 5.74) is 0. The minimum Gasteiger partial charge on any atom is -0.467 e. The van der Waals surface area contributed by atoms with Gasteiger partial charge in [-0.05, 0) is 6.42 Å². The number of piperidine rings is 1. The number of rotatable bonds is 6. The number of fused-ring (bicyclic) bond motifs is 3. The zero-order valence-electron chi connectivity index (χ0n) is 14.8. The van der Waals surface area contributed by atoms with Gasteiger partial charge in [-0.3, -0.25) is 0 Å². The summed E-state index contributed by atoms with van der Waals surface area (Å²) >= 11 is 0.332. The molecule has 3 unspecified atom stereocenters. The normalized spacial score (nSPS) is 27.5. The Balaban J connectivity index is 1.51. The third-order valence-electron chi connectivity index (χ3n) is 4.97. The Labute approximate surface area is 171 Å². The molecule has 172 valence electrons. The monoisotopic (exact) mass is 481 g/mol. The summed E-state index contributed by atoms with van der Waals surface area (Å²) < 4.78 is 117. The van der Waals surface area contributed by atoms with Gasteiger partial charge in [0.05, 0.1) is 11.7 Å². The van der Waals surface area contributed by atoms with Crippen molar-refractivity contribution < 1.29 is 59.3 Å². The summed E-state index contributed by atoms with van der Waals surface area (Å²) in [4.78, 5) is 24.6. The largest absolute Gasteiger partial charge is 0.467 e. The van der Waals surface area contributed by atoms with Crippen molar-refractivity contribution in [3.8, 4) is 11.8 Å². The highest BCUT2D eigenvalue weighted by atomic mass is 32.1. The number of esters is 2. The van der Waals surface area contributed by atoms with Gasteiger partial charge in [0.2, 0.25) is 0 Å². The molecular formula is C14H10F7N3O6S. The lowest BCUT2D eigenvalue weighted by Crippen LogP contribution is -2.57. The van der Waals surface area contributed by atoms with E-state index in [2.05, 4.69) is 13.5 Å². The molecule has 0 radical (unpaired) electrons. The van der Waals surface area contributed by atoms with E-state index in [1.807, 2.05) is 0 Å². The van der Waals surface area contributed by atoms with Gasteiger partial charge in [0.1, 0.15) is 0 Å². The van der Waals surface area contributed by atoms with Crippen molar-refractivity contribution in [2.75, 3.05) is 19.7 Å². The van der Waals surface area contributed by atoms with Crippen molar-refractivity contribution in [3.63, 3.8) is 0 Å². The minimum absolute atomic E-state index is 0.273. The maximum atomic E-state index is 13.5. The van der Waals surface area contributed by atoms with Crippen molar-refractivity contribution in [1.29, 1.82) is 0 Å². The molecular weight excluding hydrogens is 471 g/mol. The molecule has 0 aliphatic carbocycles. The molecule has 3 saturated heterocycles. The summed E-state index contributed by atoms with van der Waals surface area (Å²) in [5, 5.41) is 0. The third-order valence-corrected chi connectivity index (χ3v) is 5.47. The van der Waals surface area contributed by atoms with E-state index < -0.39 is 60.3 Å². The quantitative estimate of drug-likeness (QED) is 0.341. The average molecular weight is 481 g/mol. The zero-order valence-corrected chi connectivity index (χ0v) is 15.6. The molecule has 0 saturated carbocycles. The number of ether oxygens (including phenoxy) is 4. The summed E-state index contributed by atoms with van der Waals surface area (Å²) in [6.07, 6.45) is -7.20. The van der Waals surface area contributed by atoms with Crippen LogP contribution in [-0.4, -0.2) is 75.3 Å². The van der Waals surface area contributed by atoms with Gasteiger partial charge in [0.15, 0.2) is 12.7 Å². The number of halogens is 7. The summed E-state index contributed by atoms with van der Waals surface area (Å²) in [7, 11) is 0. The standard InChI is InChI=1S/C14H10F7N3O6S/c15-11(16,13(17,18)14(19,20)21)4-27-7-8(23-31-22-7)28-6-5-1-2-24(3-5)12(6)29-9(25)10(26)30-12/h5-6H,1-4H2. The Morgan fingerprint density at radius 3 is 2.29 bits per heavy atom. The molecule has 3 atom stereocenters. The number of nitrogens with zero attached hydrogens (tertiary/aromatic N) is 3. The van der Waals surface area contributed by atoms with E-state index in [0.29, 0.717) is 24.7 Å². The highest BCUT2D eigenvalue weighted by molar-refractivity contribution is 6.99. The van der Waals surface area contributed by atoms with Crippen LogP contribution in [0, 0.1) is 5.92 Å². The molecule has 1 spiro atoms. The Morgan fingerprint density at radius 1 is 1.06 bits per heavy atom. The molecule has 3 fully saturated rings. The maximum Gasteiger partial charge on any atom is 0.460 e. The first kappa shape index (κ1) is 21.8. The second-order valence-corrected chi connectivity index (χ2v) is 7.41. The lowest BCUT2D eigenvalue weighted by molar-refractivity contribution is -0.358. The van der Waals surface area contributed by atoms with Gasteiger partial charge < -0.3 is 18.9 Å². The van der Waals surface area contributed by atoms with Crippen molar-refractivity contribution in [2.45, 2.75) is 36.5 Å². The molecule has 2 bridgehead atoms. The van der Waals surface area contributed by atoms with E-state index in [9.17, 15) is 40.3 Å². The average Bonchev–Trinajstić information content (AvgIpc) is 3.40. The molecule has 0 amide bonds. The van der Waals surface area contributed by atoms with E-state index in [-0.39, 0.29) is 12.5 Å². The first-order valence-electron chi connectivity index (χ1n) is 8.44. The van der Waals surface area contributed by atoms with Gasteiger partial charge in [0.25, 0.3) is 11.8 Å². The fraction of sp³-hybridized carbons (Fsp3) is 0.714. The van der Waals surface area contributed by atoms with Crippen LogP contribution in [0.5, 0.6) is 11.8 Å². The second kappa shape index (κ2) is 6.78. The molecule has 31 heavy (non-hydrogen) atoms. The van der Waals surface area contributed by atoms with Gasteiger partial charge in [-0.15, -0.1) is 8.75 Å². The van der Waals surface area contributed by atoms with Crippen molar-refractivity contribution in [3.05, 3.63) is 0 Å². The number of alkyl halides is 7. The molecule has 1 aromatic heterocycles. The first-order chi connectivity index (χ1) is 14.3. The summed E-state index contributed by atoms with van der Waals surface area (Å²) in [6, 6.07) is 0. The number of hydrogen-bond donors (Lipinski definition) is 0. The van der Waals surface area contributed by atoms with Crippen molar-refractivity contribution in [1.82, 2.24) is 13.6 Å². The zero-order chi connectivity index (χ0) is 22.8. The number of carbonyl (C=O) groups excluding carboxylic acids is 2. The van der Waals surface area contributed by atoms with Crippen LogP contribution >= 0.6 is 11.7 Å². The Hall–Kier alpha value is -2.43. The fourth-order valence-electron chi connectivity index (χ4n) is 3.49. The van der Waals surface area contributed by atoms with Crippen LogP contribution in [0.1, 0.15) is 6.42 Å². The van der Waals surface area contributed by atoms with E-state index in [4.69, 9.17) is 14.2 Å². The second-order valence-electron chi connectivity index (χ2n) is 6.88. The molecule has 3 aliphatic heterocycles. The minimum atomic E-state index is -6.51. The molecule has 4 heterocycles. The smallest absolute Gasteiger partial charge is 0.460 e. The first-order valence-corrected chi connectivity index (χ1v) is 9.17. The topological polar surface area (TPSA) is 100 Å². The van der Waals surface area contributed by atoms with Crippen LogP contribution < -0.4 is 9.47 Å². The lowest BCUT2D eigenvalue weighted by Gasteiger charge is -2.36. The predicted octanol–water partition coefficient (Wildman–Crippen LogP) is 1.59. The van der Waals surface area contributed by atoms with Gasteiger partial charge in [-0.25, -0.2) is 14.5 Å². The number of carbonyl (C=O) groups is 2. The van der Waals surface area contributed by atoms with Gasteiger partial charge >= 0.3 is 35.9 Å². The van der Waals surface area contributed by atoms with Crippen LogP contribution in [0.25, 0.3) is 0 Å². The molecule has 17 heteroatoms. The number of aromatic nitrogens is 2. The highest BCUT2D eigenvalue weighted by Gasteiger charge is 2.73.